The van der Waals surface area contributed by atoms with E-state index >= 15 is 0 Å². The summed E-state index contributed by atoms with van der Waals surface area (Å²) in [4.78, 5) is 12.0. The van der Waals surface area contributed by atoms with Gasteiger partial charge in [-0.3, -0.25) is 10.1 Å². The Labute approximate surface area is 112 Å². The van der Waals surface area contributed by atoms with E-state index in [-0.39, 0.29) is 11.3 Å². The summed E-state index contributed by atoms with van der Waals surface area (Å²) in [7, 11) is 1.64. The van der Waals surface area contributed by atoms with Crippen LogP contribution in [0.5, 0.6) is 0 Å². The van der Waals surface area contributed by atoms with Gasteiger partial charge in [-0.2, -0.15) is 0 Å². The van der Waals surface area contributed by atoms with Crippen molar-refractivity contribution in [2.75, 3.05) is 26.7 Å². The van der Waals surface area contributed by atoms with Crippen molar-refractivity contribution in [3.8, 4) is 0 Å². The SMILES string of the molecule is CCN(CC1COC(C)C1)C(NC)=C(Cl)[N+](=O)[O-]. The molecule has 0 radical (unpaired) electrons. The third-order valence-corrected chi connectivity index (χ3v) is 3.37. The molecule has 0 aromatic heterocycles. The number of halogens is 1. The molecule has 0 aliphatic carbocycles. The van der Waals surface area contributed by atoms with Gasteiger partial charge in [0.15, 0.2) is 5.82 Å². The van der Waals surface area contributed by atoms with Gasteiger partial charge in [0.2, 0.25) is 0 Å². The van der Waals surface area contributed by atoms with Gasteiger partial charge in [0.05, 0.1) is 17.6 Å². The van der Waals surface area contributed by atoms with Gasteiger partial charge in [0.1, 0.15) is 0 Å². The summed E-state index contributed by atoms with van der Waals surface area (Å²) in [5.41, 5.74) is 0. The van der Waals surface area contributed by atoms with E-state index in [9.17, 15) is 10.1 Å². The van der Waals surface area contributed by atoms with Gasteiger partial charge < -0.3 is 15.0 Å². The highest BCUT2D eigenvalue weighted by atomic mass is 35.5. The fourth-order valence-electron chi connectivity index (χ4n) is 2.20. The summed E-state index contributed by atoms with van der Waals surface area (Å²) in [6, 6.07) is 0. The van der Waals surface area contributed by atoms with E-state index in [0.717, 1.165) is 6.42 Å². The second-order valence-corrected chi connectivity index (χ2v) is 4.79. The molecule has 7 heteroatoms. The van der Waals surface area contributed by atoms with Gasteiger partial charge in [-0.05, 0) is 31.9 Å². The number of nitrogens with zero attached hydrogens (tertiary/aromatic N) is 2. The lowest BCUT2D eigenvalue weighted by Gasteiger charge is -2.26. The molecule has 0 saturated carbocycles. The summed E-state index contributed by atoms with van der Waals surface area (Å²) in [6.07, 6.45) is 1.24. The van der Waals surface area contributed by atoms with E-state index in [1.807, 2.05) is 18.7 Å². The van der Waals surface area contributed by atoms with Crippen LogP contribution in [0, 0.1) is 16.0 Å². The molecule has 0 aromatic carbocycles. The number of hydrogen-bond acceptors (Lipinski definition) is 5. The molecule has 18 heavy (non-hydrogen) atoms. The van der Waals surface area contributed by atoms with Crippen molar-refractivity contribution in [3.63, 3.8) is 0 Å². The Morgan fingerprint density at radius 1 is 1.67 bits per heavy atom. The van der Waals surface area contributed by atoms with Crippen LogP contribution >= 0.6 is 11.6 Å². The predicted octanol–water partition coefficient (Wildman–Crippen LogP) is 1.59. The number of hydrogen-bond donors (Lipinski definition) is 1. The number of nitrogens with one attached hydrogen (secondary N) is 1. The van der Waals surface area contributed by atoms with Crippen molar-refractivity contribution in [2.45, 2.75) is 26.4 Å². The van der Waals surface area contributed by atoms with Crippen LogP contribution < -0.4 is 5.32 Å². The molecule has 0 bridgehead atoms. The van der Waals surface area contributed by atoms with Crippen molar-refractivity contribution in [3.05, 3.63) is 21.1 Å². The minimum atomic E-state index is -0.580. The first-order valence-corrected chi connectivity index (χ1v) is 6.45. The van der Waals surface area contributed by atoms with Crippen LogP contribution in [-0.4, -0.2) is 42.7 Å². The van der Waals surface area contributed by atoms with Crippen molar-refractivity contribution >= 4 is 11.6 Å². The predicted molar refractivity (Wildman–Crippen MR) is 69.7 cm³/mol. The summed E-state index contributed by atoms with van der Waals surface area (Å²) in [6.45, 7) is 6.05. The minimum absolute atomic E-state index is 0.265. The molecule has 1 saturated heterocycles. The van der Waals surface area contributed by atoms with Crippen molar-refractivity contribution < 1.29 is 9.66 Å². The maximum atomic E-state index is 10.7. The van der Waals surface area contributed by atoms with Crippen LogP contribution in [0.2, 0.25) is 0 Å². The number of ether oxygens (including phenoxy) is 1. The summed E-state index contributed by atoms with van der Waals surface area (Å²) >= 11 is 5.71. The molecular weight excluding hydrogens is 258 g/mol. The highest BCUT2D eigenvalue weighted by molar-refractivity contribution is 6.28. The highest BCUT2D eigenvalue weighted by Gasteiger charge is 2.27. The lowest BCUT2D eigenvalue weighted by atomic mass is 10.1. The second-order valence-electron chi connectivity index (χ2n) is 4.43. The molecule has 104 valence electrons. The molecule has 1 N–H and O–H groups in total. The molecule has 1 fully saturated rings. The van der Waals surface area contributed by atoms with Crippen LogP contribution in [0.3, 0.4) is 0 Å². The van der Waals surface area contributed by atoms with E-state index in [0.29, 0.717) is 31.4 Å². The lowest BCUT2D eigenvalue weighted by Crippen LogP contribution is -2.35. The molecule has 2 atom stereocenters. The Kier molecular flexibility index (Phi) is 5.68. The molecule has 1 heterocycles. The molecule has 1 aliphatic heterocycles. The molecule has 0 amide bonds. The molecule has 2 unspecified atom stereocenters. The third kappa shape index (κ3) is 3.74. The summed E-state index contributed by atoms with van der Waals surface area (Å²) < 4.78 is 5.50. The molecule has 0 aromatic rings. The minimum Gasteiger partial charge on any atom is -0.378 e. The zero-order valence-electron chi connectivity index (χ0n) is 11.0. The first-order chi connectivity index (χ1) is 8.49. The van der Waals surface area contributed by atoms with E-state index in [1.165, 1.54) is 0 Å². The van der Waals surface area contributed by atoms with Gasteiger partial charge in [0, 0.05) is 26.1 Å². The Morgan fingerprint density at radius 2 is 2.33 bits per heavy atom. The van der Waals surface area contributed by atoms with Crippen molar-refractivity contribution in [1.82, 2.24) is 10.2 Å². The second kappa shape index (κ2) is 6.80. The average Bonchev–Trinajstić information content (AvgIpc) is 2.74. The van der Waals surface area contributed by atoms with Gasteiger partial charge in [0.25, 0.3) is 0 Å². The van der Waals surface area contributed by atoms with E-state index in [1.54, 1.807) is 7.05 Å². The standard InChI is InChI=1S/C11H20ClN3O3/c1-4-14(6-9-5-8(2)18-7-9)11(13-3)10(12)15(16)17/h8-9,13H,4-7H2,1-3H3. The first kappa shape index (κ1) is 15.0. The zero-order chi connectivity index (χ0) is 13.7. The fraction of sp³-hybridized carbons (Fsp3) is 0.818. The summed E-state index contributed by atoms with van der Waals surface area (Å²) in [5, 5.41) is 13.2. The lowest BCUT2D eigenvalue weighted by molar-refractivity contribution is -0.414. The van der Waals surface area contributed by atoms with Crippen LogP contribution in [0.4, 0.5) is 0 Å². The maximum absolute atomic E-state index is 10.7. The molecule has 1 rings (SSSR count). The van der Waals surface area contributed by atoms with Crippen LogP contribution in [0.1, 0.15) is 20.3 Å². The largest absolute Gasteiger partial charge is 0.378 e. The molecular formula is C11H20ClN3O3. The first-order valence-electron chi connectivity index (χ1n) is 6.08. The van der Waals surface area contributed by atoms with Gasteiger partial charge >= 0.3 is 5.16 Å². The van der Waals surface area contributed by atoms with Gasteiger partial charge in [-0.15, -0.1) is 0 Å². The monoisotopic (exact) mass is 277 g/mol. The molecule has 1 aliphatic rings. The maximum Gasteiger partial charge on any atom is 0.377 e. The van der Waals surface area contributed by atoms with Crippen LogP contribution in [0.15, 0.2) is 11.0 Å². The number of nitro groups is 1. The Balaban J connectivity index is 2.75. The highest BCUT2D eigenvalue weighted by Crippen LogP contribution is 2.22. The van der Waals surface area contributed by atoms with Gasteiger partial charge in [-0.25, -0.2) is 0 Å². The molecule has 0 spiro atoms. The fourth-order valence-corrected chi connectivity index (χ4v) is 2.42. The van der Waals surface area contributed by atoms with E-state index in [4.69, 9.17) is 16.3 Å². The van der Waals surface area contributed by atoms with Crippen LogP contribution in [0.25, 0.3) is 0 Å². The third-order valence-electron chi connectivity index (χ3n) is 3.05. The van der Waals surface area contributed by atoms with E-state index < -0.39 is 4.92 Å². The average molecular weight is 278 g/mol. The molecule has 6 nitrogen and oxygen atoms in total. The van der Waals surface area contributed by atoms with Gasteiger partial charge in [-0.1, -0.05) is 0 Å². The van der Waals surface area contributed by atoms with Crippen molar-refractivity contribution in [2.24, 2.45) is 5.92 Å². The zero-order valence-corrected chi connectivity index (χ0v) is 11.7. The smallest absolute Gasteiger partial charge is 0.377 e. The van der Waals surface area contributed by atoms with Crippen LogP contribution in [-0.2, 0) is 4.74 Å². The topological polar surface area (TPSA) is 67.6 Å². The Morgan fingerprint density at radius 3 is 2.72 bits per heavy atom. The van der Waals surface area contributed by atoms with Crippen molar-refractivity contribution in [1.29, 1.82) is 0 Å². The number of rotatable bonds is 6. The quantitative estimate of drug-likeness (QED) is 0.454. The Bertz CT molecular complexity index is 335. The normalized spacial score (nSPS) is 24.7. The van der Waals surface area contributed by atoms with E-state index in [2.05, 4.69) is 5.32 Å². The Hall–Kier alpha value is -1.01. The summed E-state index contributed by atoms with van der Waals surface area (Å²) in [5.74, 6) is 0.753.